The highest BCUT2D eigenvalue weighted by Gasteiger charge is 2.67. The van der Waals surface area contributed by atoms with E-state index in [0.717, 1.165) is 63.0 Å². The molecule has 0 spiro atoms. The van der Waals surface area contributed by atoms with Crippen LogP contribution in [0.25, 0.3) is 0 Å². The smallest absolute Gasteiger partial charge is 0.200 e. The van der Waals surface area contributed by atoms with Crippen LogP contribution in [0.1, 0.15) is 139 Å². The second-order valence-electron chi connectivity index (χ2n) is 15.5. The number of ketones is 1. The van der Waals surface area contributed by atoms with Gasteiger partial charge in [-0.2, -0.15) is 0 Å². The zero-order valence-corrected chi connectivity index (χ0v) is 32.5. The number of fused-ring (bicyclic) bond motifs is 1. The van der Waals surface area contributed by atoms with Crippen LogP contribution in [0.5, 0.6) is 0 Å². The first-order chi connectivity index (χ1) is 22.8. The number of hydrogen-bond acceptors (Lipinski definition) is 6. The molecule has 48 heavy (non-hydrogen) atoms. The topological polar surface area (TPSA) is 68.4 Å². The van der Waals surface area contributed by atoms with Crippen molar-refractivity contribution in [1.82, 2.24) is 26.2 Å². The molecule has 0 aromatic carbocycles. The van der Waals surface area contributed by atoms with Gasteiger partial charge in [0.15, 0.2) is 5.78 Å². The van der Waals surface area contributed by atoms with Crippen LogP contribution in [0.3, 0.4) is 0 Å². The SMILES string of the molecule is C=CCNC(=C)C(=O)C(CCCC)NC(=C)C1C2C(CN1C(=C)CC(NC(=C)NC(CC)CCC)C1(C)CCCCCC1)C2(C)C.CC. The molecule has 6 heteroatoms. The molecule has 4 N–H and O–H groups in total. The minimum atomic E-state index is -0.350. The largest absolute Gasteiger partial charge is 0.379 e. The lowest BCUT2D eigenvalue weighted by molar-refractivity contribution is -0.117. The Morgan fingerprint density at radius 3 is 2.12 bits per heavy atom. The molecule has 1 saturated heterocycles. The fourth-order valence-electron chi connectivity index (χ4n) is 8.43. The number of carbonyl (C=O) groups excluding carboxylic acids is 1. The van der Waals surface area contributed by atoms with E-state index in [2.05, 4.69) is 94.0 Å². The van der Waals surface area contributed by atoms with Crippen molar-refractivity contribution in [1.29, 1.82) is 0 Å². The second-order valence-corrected chi connectivity index (χ2v) is 15.5. The maximum absolute atomic E-state index is 13.5. The number of nitrogens with zero attached hydrogens (tertiary/aromatic N) is 1. The molecule has 0 aromatic rings. The van der Waals surface area contributed by atoms with Gasteiger partial charge in [0, 0.05) is 43.0 Å². The summed E-state index contributed by atoms with van der Waals surface area (Å²) in [5.41, 5.74) is 2.95. The summed E-state index contributed by atoms with van der Waals surface area (Å²) in [5.74, 6) is 2.04. The zero-order chi connectivity index (χ0) is 36.1. The number of nitrogens with one attached hydrogen (secondary N) is 4. The Morgan fingerprint density at radius 1 is 0.917 bits per heavy atom. The summed E-state index contributed by atoms with van der Waals surface area (Å²) in [6.45, 7) is 41.1. The van der Waals surface area contributed by atoms with Crippen molar-refractivity contribution in [2.75, 3.05) is 13.1 Å². The number of carbonyl (C=O) groups is 1. The van der Waals surface area contributed by atoms with Crippen LogP contribution in [-0.2, 0) is 4.79 Å². The molecule has 3 fully saturated rings. The molecule has 274 valence electrons. The van der Waals surface area contributed by atoms with Crippen LogP contribution in [-0.4, -0.2) is 47.9 Å². The van der Waals surface area contributed by atoms with Gasteiger partial charge in [-0.15, -0.1) is 6.58 Å². The van der Waals surface area contributed by atoms with E-state index in [9.17, 15) is 4.79 Å². The zero-order valence-electron chi connectivity index (χ0n) is 32.5. The van der Waals surface area contributed by atoms with Crippen LogP contribution >= 0.6 is 0 Å². The van der Waals surface area contributed by atoms with Crippen molar-refractivity contribution in [3.05, 3.63) is 61.9 Å². The Morgan fingerprint density at radius 2 is 1.56 bits per heavy atom. The summed E-state index contributed by atoms with van der Waals surface area (Å²) >= 11 is 0. The van der Waals surface area contributed by atoms with E-state index >= 15 is 0 Å². The number of piperidine rings is 1. The Bertz CT molecular complexity index is 1080. The molecule has 1 heterocycles. The van der Waals surface area contributed by atoms with Crippen molar-refractivity contribution in [3.8, 4) is 0 Å². The lowest BCUT2D eigenvalue weighted by Gasteiger charge is -2.43. The van der Waals surface area contributed by atoms with E-state index in [-0.39, 0.29) is 34.7 Å². The first kappa shape index (κ1) is 41.5. The first-order valence-electron chi connectivity index (χ1n) is 19.5. The summed E-state index contributed by atoms with van der Waals surface area (Å²) in [4.78, 5) is 16.0. The highest BCUT2D eigenvalue weighted by atomic mass is 16.1. The van der Waals surface area contributed by atoms with Crippen LogP contribution in [0.15, 0.2) is 61.9 Å². The first-order valence-corrected chi connectivity index (χ1v) is 19.5. The highest BCUT2D eigenvalue weighted by molar-refractivity contribution is 5.98. The van der Waals surface area contributed by atoms with Gasteiger partial charge < -0.3 is 26.2 Å². The molecule has 0 radical (unpaired) electrons. The minimum Gasteiger partial charge on any atom is -0.379 e. The fraction of sp³-hybridized carbons (Fsp3) is 0.738. The number of hydrogen-bond donors (Lipinski definition) is 4. The maximum Gasteiger partial charge on any atom is 0.200 e. The monoisotopic (exact) mass is 666 g/mol. The number of likely N-dealkylation sites (tertiary alicyclic amines) is 1. The second kappa shape index (κ2) is 19.5. The molecular weight excluding hydrogens is 590 g/mol. The molecular formula is C42H75N5O. The Kier molecular flexibility index (Phi) is 16.9. The van der Waals surface area contributed by atoms with Gasteiger partial charge in [-0.3, -0.25) is 4.79 Å². The maximum atomic E-state index is 13.5. The van der Waals surface area contributed by atoms with E-state index in [0.29, 0.717) is 30.1 Å². The predicted octanol–water partition coefficient (Wildman–Crippen LogP) is 9.35. The van der Waals surface area contributed by atoms with Crippen molar-refractivity contribution in [3.63, 3.8) is 0 Å². The molecule has 2 aliphatic carbocycles. The van der Waals surface area contributed by atoms with E-state index in [1.165, 1.54) is 44.2 Å². The standard InChI is InChI=1S/C40H69N5O.C2H6/c1-12-16-22-34(38(46)30(7)41-25-14-3)42-29(6)37-36-33(39(36,9)10)27-45(37)28(5)26-35(40(11)23-19-17-18-20-24-40)44-31(8)43-32(15-4)21-13-2;1-2/h14,32-37,41-44H,3,5-8,12-13,15-27H2,1-2,4,9-11H3;1-2H3. The lowest BCUT2D eigenvalue weighted by Crippen LogP contribution is -2.49. The van der Waals surface area contributed by atoms with Crippen LogP contribution < -0.4 is 21.3 Å². The summed E-state index contributed by atoms with van der Waals surface area (Å²) in [6.07, 6.45) is 16.4. The van der Waals surface area contributed by atoms with Gasteiger partial charge in [0.2, 0.25) is 0 Å². The fourth-order valence-corrected chi connectivity index (χ4v) is 8.43. The molecule has 3 rings (SSSR count). The van der Waals surface area contributed by atoms with E-state index < -0.39 is 0 Å². The van der Waals surface area contributed by atoms with Gasteiger partial charge >= 0.3 is 0 Å². The Labute approximate surface area is 296 Å². The third-order valence-electron chi connectivity index (χ3n) is 11.6. The van der Waals surface area contributed by atoms with Gasteiger partial charge in [0.05, 0.1) is 23.6 Å². The van der Waals surface area contributed by atoms with Crippen LogP contribution in [0.2, 0.25) is 0 Å². The van der Waals surface area contributed by atoms with Crippen molar-refractivity contribution in [2.45, 2.75) is 163 Å². The normalized spacial score (nSPS) is 23.8. The van der Waals surface area contributed by atoms with Crippen molar-refractivity contribution < 1.29 is 4.79 Å². The minimum absolute atomic E-state index is 0.0106. The Balaban J connectivity index is 0.00000392. The van der Waals surface area contributed by atoms with Gasteiger partial charge in [0.25, 0.3) is 0 Å². The van der Waals surface area contributed by atoms with Gasteiger partial charge in [0.1, 0.15) is 0 Å². The number of Topliss-reactive ketones (excluding diaryl/α,β-unsaturated/α-hetero) is 1. The van der Waals surface area contributed by atoms with Gasteiger partial charge in [-0.05, 0) is 54.8 Å². The predicted molar refractivity (Wildman–Crippen MR) is 208 cm³/mol. The molecule has 2 saturated carbocycles. The quantitative estimate of drug-likeness (QED) is 0.0525. The van der Waals surface area contributed by atoms with Gasteiger partial charge in [-0.1, -0.05) is 133 Å². The number of unbranched alkanes of at least 4 members (excludes halogenated alkanes) is 1. The highest BCUT2D eigenvalue weighted by Crippen LogP contribution is 2.66. The van der Waals surface area contributed by atoms with Gasteiger partial charge in [-0.25, -0.2) is 0 Å². The van der Waals surface area contributed by atoms with E-state index in [1.54, 1.807) is 6.08 Å². The van der Waals surface area contributed by atoms with Crippen LogP contribution in [0.4, 0.5) is 0 Å². The molecule has 0 bridgehead atoms. The summed E-state index contributed by atoms with van der Waals surface area (Å²) in [7, 11) is 0. The summed E-state index contributed by atoms with van der Waals surface area (Å²) in [5, 5.41) is 14.4. The molecule has 6 nitrogen and oxygen atoms in total. The summed E-state index contributed by atoms with van der Waals surface area (Å²) in [6, 6.07) is 0.435. The Hall–Kier alpha value is -2.63. The van der Waals surface area contributed by atoms with E-state index in [1.807, 2.05) is 13.8 Å². The average Bonchev–Trinajstić information content (AvgIpc) is 3.44. The molecule has 3 aliphatic rings. The third-order valence-corrected chi connectivity index (χ3v) is 11.6. The number of rotatable bonds is 22. The molecule has 6 atom stereocenters. The molecule has 0 amide bonds. The molecule has 1 aliphatic heterocycles. The average molecular weight is 666 g/mol. The lowest BCUT2D eigenvalue weighted by atomic mass is 9.74. The van der Waals surface area contributed by atoms with Crippen molar-refractivity contribution >= 4 is 5.78 Å². The third kappa shape index (κ3) is 10.7. The molecule has 0 aromatic heterocycles. The van der Waals surface area contributed by atoms with Crippen molar-refractivity contribution in [2.24, 2.45) is 22.7 Å². The summed E-state index contributed by atoms with van der Waals surface area (Å²) < 4.78 is 0. The molecule has 6 unspecified atom stereocenters. The van der Waals surface area contributed by atoms with E-state index in [4.69, 9.17) is 6.58 Å². The van der Waals surface area contributed by atoms with Crippen LogP contribution in [0, 0.1) is 22.7 Å².